The van der Waals surface area contributed by atoms with Crippen LogP contribution in [-0.4, -0.2) is 163 Å². The van der Waals surface area contributed by atoms with E-state index in [-0.39, 0.29) is 73.7 Å². The molecule has 6 heterocycles. The smallest absolute Gasteiger partial charge is 0.293 e. The molecule has 3 N–H and O–H groups in total. The number of ketones is 1. The van der Waals surface area contributed by atoms with Gasteiger partial charge in [0.1, 0.15) is 41.7 Å². The Morgan fingerprint density at radius 3 is 2.23 bits per heavy atom. The number of nitrogens with zero attached hydrogens (tertiary/aromatic N) is 7. The van der Waals surface area contributed by atoms with Crippen LogP contribution in [0.3, 0.4) is 0 Å². The van der Waals surface area contributed by atoms with Crippen molar-refractivity contribution in [2.75, 3.05) is 103 Å². The van der Waals surface area contributed by atoms with E-state index in [9.17, 15) is 24.3 Å². The van der Waals surface area contributed by atoms with Gasteiger partial charge in [-0.2, -0.15) is 4.98 Å². The van der Waals surface area contributed by atoms with Crippen molar-refractivity contribution in [2.45, 2.75) is 84.6 Å². The van der Waals surface area contributed by atoms with Crippen LogP contribution in [-0.2, 0) is 51.7 Å². The number of aromatic nitrogens is 5. The molecule has 2 aliphatic rings. The van der Waals surface area contributed by atoms with Crippen molar-refractivity contribution in [3.05, 3.63) is 98.3 Å². The van der Waals surface area contributed by atoms with Gasteiger partial charge in [0, 0.05) is 62.4 Å². The minimum atomic E-state index is -0.857. The number of aryl methyl sites for hydroxylation is 3. The number of β-amino-alcohol motifs (C(OH)–C–C–N with tert-alkyl or cyclic N) is 1. The van der Waals surface area contributed by atoms with Crippen molar-refractivity contribution in [2.24, 2.45) is 13.0 Å². The number of piperidine rings is 1. The average molecular weight is 1160 g/mol. The topological polar surface area (TPSA) is 253 Å². The molecule has 0 radical (unpaired) electrons. The number of hydrogen-bond acceptors (Lipinski definition) is 20. The van der Waals surface area contributed by atoms with Crippen molar-refractivity contribution in [3.63, 3.8) is 0 Å². The van der Waals surface area contributed by atoms with Crippen molar-refractivity contribution < 1.29 is 57.2 Å². The standard InChI is InChI=1S/C57H72ClN9O13S/c1-35(2)51(49-25-36(3)64-80-49)56(72)67-32-43(69)29-47(67)54(70)59-30-40-8-7-39(52-38(5)61-34-81-52)27-48(40)78-24-22-76-20-18-74-16-15-73-17-19-75-21-23-77-44-11-13-66(14-12-44)57-60-31-45(58)53(63-57)62-42-9-10-46-41(26-42)28-50(55(71)65(46)6)79-33-37(4)68/h7-10,25-28,31,34-35,43-44,47,51,69H,11-24,29-30,32-33H2,1-6H3,(H,59,70)(H,60,62,63)/t43-,47+,51?/m1/s1. The van der Waals surface area contributed by atoms with Crippen molar-refractivity contribution in [1.29, 1.82) is 0 Å². The average Bonchev–Trinajstić information content (AvgIpc) is 4.42. The maximum atomic E-state index is 13.9. The fourth-order valence-corrected chi connectivity index (χ4v) is 10.6. The van der Waals surface area contributed by atoms with E-state index in [0.717, 1.165) is 39.9 Å². The van der Waals surface area contributed by atoms with Crippen LogP contribution in [0.4, 0.5) is 17.5 Å². The molecule has 0 bridgehead atoms. The van der Waals surface area contributed by atoms with Gasteiger partial charge in [-0.3, -0.25) is 19.2 Å². The van der Waals surface area contributed by atoms with Gasteiger partial charge in [0.2, 0.25) is 17.8 Å². The van der Waals surface area contributed by atoms with Crippen LogP contribution < -0.4 is 30.6 Å². The fraction of sp³-hybridized carbons (Fsp3) is 0.509. The summed E-state index contributed by atoms with van der Waals surface area (Å²) >= 11 is 8.06. The lowest BCUT2D eigenvalue weighted by atomic mass is 9.91. The van der Waals surface area contributed by atoms with Crippen LogP contribution in [0, 0.1) is 19.8 Å². The molecule has 22 nitrogen and oxygen atoms in total. The second kappa shape index (κ2) is 29.4. The third-order valence-electron chi connectivity index (χ3n) is 13.8. The number of aliphatic hydroxyl groups is 1. The molecule has 2 amide bonds. The van der Waals surface area contributed by atoms with E-state index >= 15 is 0 Å². The monoisotopic (exact) mass is 1160 g/mol. The second-order valence-corrected chi connectivity index (χ2v) is 21.5. The number of pyridine rings is 1. The van der Waals surface area contributed by atoms with Crippen molar-refractivity contribution >= 4 is 68.9 Å². The van der Waals surface area contributed by atoms with E-state index in [1.165, 1.54) is 27.7 Å². The van der Waals surface area contributed by atoms with Gasteiger partial charge >= 0.3 is 0 Å². The number of amides is 2. The third kappa shape index (κ3) is 16.6. The molecule has 0 saturated carbocycles. The predicted octanol–water partition coefficient (Wildman–Crippen LogP) is 6.57. The lowest BCUT2D eigenvalue weighted by Gasteiger charge is -2.32. The third-order valence-corrected chi connectivity index (χ3v) is 15.1. The number of hydrogen-bond donors (Lipinski definition) is 3. The van der Waals surface area contributed by atoms with Crippen molar-refractivity contribution in [1.82, 2.24) is 34.9 Å². The van der Waals surface area contributed by atoms with E-state index in [1.54, 1.807) is 37.8 Å². The molecule has 3 atom stereocenters. The minimum absolute atomic E-state index is 0.0449. The van der Waals surface area contributed by atoms with Crippen LogP contribution >= 0.6 is 22.9 Å². The summed E-state index contributed by atoms with van der Waals surface area (Å²) in [4.78, 5) is 70.0. The van der Waals surface area contributed by atoms with Gasteiger partial charge in [-0.1, -0.05) is 42.7 Å². The van der Waals surface area contributed by atoms with Crippen LogP contribution in [0.5, 0.6) is 11.5 Å². The Morgan fingerprint density at radius 1 is 0.877 bits per heavy atom. The molecule has 2 aliphatic heterocycles. The highest BCUT2D eigenvalue weighted by Gasteiger charge is 2.43. The van der Waals surface area contributed by atoms with E-state index in [1.807, 2.05) is 57.2 Å². The zero-order valence-electron chi connectivity index (χ0n) is 46.7. The molecule has 24 heteroatoms. The number of Topliss-reactive ketones (excluding diaryl/α,β-unsaturated/α-hetero) is 1. The first kappa shape index (κ1) is 60.5. The van der Waals surface area contributed by atoms with Crippen LogP contribution in [0.2, 0.25) is 5.02 Å². The Labute approximate surface area is 479 Å². The zero-order valence-corrected chi connectivity index (χ0v) is 48.2. The molecule has 2 fully saturated rings. The van der Waals surface area contributed by atoms with E-state index in [4.69, 9.17) is 54.3 Å². The molecule has 8 rings (SSSR count). The lowest BCUT2D eigenvalue weighted by molar-refractivity contribution is -0.141. The number of carbonyl (C=O) groups is 3. The Kier molecular flexibility index (Phi) is 22.0. The summed E-state index contributed by atoms with van der Waals surface area (Å²) in [5.41, 5.74) is 6.10. The first-order chi connectivity index (χ1) is 39.1. The normalized spacial score (nSPS) is 16.1. The molecular weight excluding hydrogens is 1090 g/mol. The lowest BCUT2D eigenvalue weighted by Crippen LogP contribution is -2.48. The van der Waals surface area contributed by atoms with E-state index in [2.05, 4.69) is 30.7 Å². The summed E-state index contributed by atoms with van der Waals surface area (Å²) in [5, 5.41) is 22.0. The Bertz CT molecular complexity index is 3130. The molecule has 0 aliphatic carbocycles. The molecule has 81 heavy (non-hydrogen) atoms. The maximum absolute atomic E-state index is 13.9. The number of halogens is 1. The molecular formula is C57H72ClN9O13S. The van der Waals surface area contributed by atoms with E-state index < -0.39 is 18.1 Å². The Balaban J connectivity index is 0.675. The fourth-order valence-electron chi connectivity index (χ4n) is 9.62. The number of thiazole rings is 1. The van der Waals surface area contributed by atoms with Gasteiger partial charge in [-0.15, -0.1) is 11.3 Å². The summed E-state index contributed by atoms with van der Waals surface area (Å²) in [7, 11) is 1.66. The summed E-state index contributed by atoms with van der Waals surface area (Å²) in [6.07, 6.45) is 2.54. The van der Waals surface area contributed by atoms with Gasteiger partial charge in [0.25, 0.3) is 5.56 Å². The molecule has 0 spiro atoms. The largest absolute Gasteiger partial charge is 0.491 e. The van der Waals surface area contributed by atoms with Gasteiger partial charge < -0.3 is 67.8 Å². The second-order valence-electron chi connectivity index (χ2n) is 20.3. The van der Waals surface area contributed by atoms with Crippen molar-refractivity contribution in [3.8, 4) is 21.9 Å². The minimum Gasteiger partial charge on any atom is -0.491 e. The van der Waals surface area contributed by atoms with Crippen LogP contribution in [0.25, 0.3) is 21.3 Å². The molecule has 2 saturated heterocycles. The first-order valence-electron chi connectivity index (χ1n) is 27.2. The highest BCUT2D eigenvalue weighted by Crippen LogP contribution is 2.34. The number of nitrogens with one attached hydrogen (secondary N) is 2. The number of rotatable bonds is 30. The molecule has 4 aromatic heterocycles. The Morgan fingerprint density at radius 2 is 1.58 bits per heavy atom. The molecule has 1 unspecified atom stereocenters. The molecule has 436 valence electrons. The highest BCUT2D eigenvalue weighted by atomic mass is 35.5. The molecule has 6 aromatic rings. The number of anilines is 3. The predicted molar refractivity (Wildman–Crippen MR) is 305 cm³/mol. The Hall–Kier alpha value is -6.57. The summed E-state index contributed by atoms with van der Waals surface area (Å²) in [6.45, 7) is 14.3. The maximum Gasteiger partial charge on any atom is 0.293 e. The summed E-state index contributed by atoms with van der Waals surface area (Å²) < 4.78 is 47.7. The van der Waals surface area contributed by atoms with Crippen LogP contribution in [0.1, 0.15) is 68.7 Å². The number of likely N-dealkylation sites (tertiary alicyclic amines) is 1. The van der Waals surface area contributed by atoms with Gasteiger partial charge in [0.15, 0.2) is 17.4 Å². The molecule has 2 aromatic carbocycles. The number of aliphatic hydroxyl groups excluding tert-OH is 1. The van der Waals surface area contributed by atoms with Gasteiger partial charge in [-0.25, -0.2) is 9.97 Å². The van der Waals surface area contributed by atoms with Crippen LogP contribution in [0.15, 0.2) is 69.6 Å². The summed E-state index contributed by atoms with van der Waals surface area (Å²) in [5.74, 6) is 0.486. The van der Waals surface area contributed by atoms with Gasteiger partial charge in [-0.05, 0) is 75.4 Å². The number of benzene rings is 2. The number of ether oxygens (including phenoxy) is 7. The quantitative estimate of drug-likeness (QED) is 0.0403. The zero-order chi connectivity index (χ0) is 57.4. The number of carbonyl (C=O) groups excluding carboxylic acids is 3. The first-order valence-corrected chi connectivity index (χ1v) is 28.5. The summed E-state index contributed by atoms with van der Waals surface area (Å²) in [6, 6.07) is 13.8. The van der Waals surface area contributed by atoms with E-state index in [0.29, 0.717) is 118 Å². The van der Waals surface area contributed by atoms with Gasteiger partial charge in [0.05, 0.1) is 105 Å². The highest BCUT2D eigenvalue weighted by molar-refractivity contribution is 7.13. The SMILES string of the molecule is CC(=O)COc1cc2cc(Nc3nc(N4CCC(OCCOCCOCCOCCOCCOc5cc(-c6scnc6C)ccc5CNC(=O)[C@@H]5C[C@@H](O)CN5C(=O)C(c5cc(C)no5)C(C)C)CC4)ncc3Cl)ccc2n(C)c1=O. The number of fused-ring (bicyclic) bond motifs is 1.